The average molecular weight is 405 g/mol. The number of urea groups is 2. The van der Waals surface area contributed by atoms with E-state index >= 15 is 0 Å². The quantitative estimate of drug-likeness (QED) is 0.357. The van der Waals surface area contributed by atoms with Gasteiger partial charge < -0.3 is 36.2 Å². The number of nitrogens with zero attached hydrogens (tertiary/aromatic N) is 1. The topological polar surface area (TPSA) is 152 Å². The second-order valence-corrected chi connectivity index (χ2v) is 6.52. The lowest BCUT2D eigenvalue weighted by Crippen LogP contribution is -2.57. The maximum Gasteiger partial charge on any atom is 0.325 e. The number of nitrogens with one attached hydrogen (secondary N) is 4. The maximum absolute atomic E-state index is 12.4. The van der Waals surface area contributed by atoms with Crippen molar-refractivity contribution in [1.29, 1.82) is 0 Å². The first-order valence-electron chi connectivity index (χ1n) is 9.01. The fourth-order valence-corrected chi connectivity index (χ4v) is 3.01. The molecule has 0 spiro atoms. The number of amides is 5. The molecule has 5 amide bonds. The molecule has 1 aromatic carbocycles. The van der Waals surface area contributed by atoms with Gasteiger partial charge in [-0.2, -0.15) is 0 Å². The zero-order chi connectivity index (χ0) is 21.0. The van der Waals surface area contributed by atoms with Crippen LogP contribution in [0.1, 0.15) is 10.4 Å². The summed E-state index contributed by atoms with van der Waals surface area (Å²) in [6, 6.07) is 7.45. The Labute approximate surface area is 166 Å². The van der Waals surface area contributed by atoms with Gasteiger partial charge in [0.25, 0.3) is 5.91 Å². The molecule has 11 heteroatoms. The number of hydrogen-bond acceptors (Lipinski definition) is 6. The van der Waals surface area contributed by atoms with Crippen LogP contribution >= 0.6 is 0 Å². The lowest BCUT2D eigenvalue weighted by atomic mass is 10.1. The maximum atomic E-state index is 12.4. The minimum atomic E-state index is -1.38. The Morgan fingerprint density at radius 1 is 1.21 bits per heavy atom. The summed E-state index contributed by atoms with van der Waals surface area (Å²) in [5.74, 6) is -0.359. The van der Waals surface area contributed by atoms with Crippen molar-refractivity contribution in [2.75, 3.05) is 13.6 Å². The Kier molecular flexibility index (Phi) is 6.32. The van der Waals surface area contributed by atoms with E-state index < -0.39 is 42.8 Å². The lowest BCUT2D eigenvalue weighted by molar-refractivity contribution is -0.0531. The van der Waals surface area contributed by atoms with Gasteiger partial charge in [0.15, 0.2) is 6.23 Å². The third-order valence-corrected chi connectivity index (χ3v) is 4.58. The van der Waals surface area contributed by atoms with E-state index in [-0.39, 0.29) is 12.5 Å². The molecule has 2 unspecified atom stereocenters. The van der Waals surface area contributed by atoms with Crippen LogP contribution in [0.4, 0.5) is 9.59 Å². The number of carbonyl (C=O) groups is 3. The molecule has 1 fully saturated rings. The standard InChI is InChI=1S/C18H23N5O6/c1-19-17(27)20-9-11-13(24)14(25)16(29-11)23-8-7-12(22-18(23)28)21-15(26)10-5-3-2-4-6-10/h2-8,11-14,16,24-25H,9H2,1H3,(H,21,26)(H,22,28)(H2,19,20,27)/t11-,12?,13?,14+,16-/m1/s1. The van der Waals surface area contributed by atoms with Gasteiger partial charge in [0.05, 0.1) is 0 Å². The fourth-order valence-electron chi connectivity index (χ4n) is 3.01. The van der Waals surface area contributed by atoms with Crippen LogP contribution in [-0.4, -0.2) is 77.4 Å². The van der Waals surface area contributed by atoms with E-state index in [4.69, 9.17) is 4.74 Å². The van der Waals surface area contributed by atoms with Crippen molar-refractivity contribution in [1.82, 2.24) is 26.2 Å². The van der Waals surface area contributed by atoms with Crippen molar-refractivity contribution < 1.29 is 29.3 Å². The number of benzene rings is 1. The predicted octanol–water partition coefficient (Wildman–Crippen LogP) is -1.34. The molecule has 1 saturated heterocycles. The highest BCUT2D eigenvalue weighted by molar-refractivity contribution is 5.94. The van der Waals surface area contributed by atoms with E-state index in [1.807, 2.05) is 0 Å². The van der Waals surface area contributed by atoms with E-state index in [1.54, 1.807) is 30.3 Å². The molecule has 0 bridgehead atoms. The molecule has 6 N–H and O–H groups in total. The van der Waals surface area contributed by atoms with Gasteiger partial charge in [0, 0.05) is 25.4 Å². The van der Waals surface area contributed by atoms with Crippen molar-refractivity contribution >= 4 is 18.0 Å². The number of ether oxygens (including phenoxy) is 1. The summed E-state index contributed by atoms with van der Waals surface area (Å²) in [7, 11) is 1.44. The van der Waals surface area contributed by atoms with Crippen molar-refractivity contribution in [3.63, 3.8) is 0 Å². The molecule has 3 rings (SSSR count). The minimum absolute atomic E-state index is 0.0523. The SMILES string of the molecule is CNC(=O)NC[C@H]1O[C@@H](N2C=CC(NC(=O)c3ccccc3)NC2=O)[C@@H](O)C1O. The number of rotatable bonds is 5. The molecule has 0 radical (unpaired) electrons. The summed E-state index contributed by atoms with van der Waals surface area (Å²) in [6.45, 7) is -0.0523. The van der Waals surface area contributed by atoms with E-state index in [1.165, 1.54) is 19.3 Å². The highest BCUT2D eigenvalue weighted by atomic mass is 16.6. The van der Waals surface area contributed by atoms with Crippen LogP contribution in [0.25, 0.3) is 0 Å². The number of aliphatic hydroxyl groups excluding tert-OH is 2. The van der Waals surface area contributed by atoms with E-state index in [9.17, 15) is 24.6 Å². The monoisotopic (exact) mass is 405 g/mol. The van der Waals surface area contributed by atoms with E-state index in [0.29, 0.717) is 5.56 Å². The molecule has 2 aliphatic rings. The highest BCUT2D eigenvalue weighted by Gasteiger charge is 2.47. The van der Waals surface area contributed by atoms with Gasteiger partial charge in [-0.3, -0.25) is 9.69 Å². The predicted molar refractivity (Wildman–Crippen MR) is 100 cm³/mol. The molecule has 29 heavy (non-hydrogen) atoms. The summed E-state index contributed by atoms with van der Waals surface area (Å²) in [6.07, 6.45) is -2.59. The second kappa shape index (κ2) is 8.90. The van der Waals surface area contributed by atoms with Crippen LogP contribution in [-0.2, 0) is 4.74 Å². The highest BCUT2D eigenvalue weighted by Crippen LogP contribution is 2.25. The summed E-state index contributed by atoms with van der Waals surface area (Å²) in [5, 5.41) is 30.4. The fraction of sp³-hybridized carbons (Fsp3) is 0.389. The number of carbonyl (C=O) groups excluding carboxylic acids is 3. The van der Waals surface area contributed by atoms with Crippen LogP contribution in [0.2, 0.25) is 0 Å². The Morgan fingerprint density at radius 3 is 2.59 bits per heavy atom. The lowest BCUT2D eigenvalue weighted by Gasteiger charge is -2.32. The Balaban J connectivity index is 1.60. The average Bonchev–Trinajstić information content (AvgIpc) is 3.01. The van der Waals surface area contributed by atoms with Crippen LogP contribution < -0.4 is 21.3 Å². The summed E-state index contributed by atoms with van der Waals surface area (Å²) < 4.78 is 5.56. The molecule has 0 saturated carbocycles. The molecule has 0 aromatic heterocycles. The Hall–Kier alpha value is -3.15. The van der Waals surface area contributed by atoms with Crippen LogP contribution in [0.3, 0.4) is 0 Å². The molecular formula is C18H23N5O6. The van der Waals surface area contributed by atoms with E-state index in [2.05, 4.69) is 21.3 Å². The van der Waals surface area contributed by atoms with Gasteiger partial charge in [0.1, 0.15) is 24.5 Å². The zero-order valence-corrected chi connectivity index (χ0v) is 15.6. The first kappa shape index (κ1) is 20.6. The van der Waals surface area contributed by atoms with Gasteiger partial charge in [0.2, 0.25) is 0 Å². The van der Waals surface area contributed by atoms with Crippen LogP contribution in [0, 0.1) is 0 Å². The number of hydrogen-bond donors (Lipinski definition) is 6. The zero-order valence-electron chi connectivity index (χ0n) is 15.6. The third kappa shape index (κ3) is 4.65. The molecule has 2 aliphatic heterocycles. The molecular weight excluding hydrogens is 382 g/mol. The van der Waals surface area contributed by atoms with Crippen molar-refractivity contribution in [2.24, 2.45) is 0 Å². The Morgan fingerprint density at radius 2 is 1.93 bits per heavy atom. The second-order valence-electron chi connectivity index (χ2n) is 6.52. The molecule has 156 valence electrons. The summed E-state index contributed by atoms with van der Waals surface area (Å²) >= 11 is 0. The first-order chi connectivity index (χ1) is 13.9. The Bertz CT molecular complexity index is 788. The molecule has 2 heterocycles. The number of aliphatic hydroxyl groups is 2. The molecule has 0 aliphatic carbocycles. The van der Waals surface area contributed by atoms with Gasteiger partial charge in [-0.15, -0.1) is 0 Å². The van der Waals surface area contributed by atoms with E-state index in [0.717, 1.165) is 4.90 Å². The smallest absolute Gasteiger partial charge is 0.325 e. The molecule has 11 nitrogen and oxygen atoms in total. The van der Waals surface area contributed by atoms with Crippen LogP contribution in [0.15, 0.2) is 42.6 Å². The minimum Gasteiger partial charge on any atom is -0.387 e. The van der Waals surface area contributed by atoms with Crippen LogP contribution in [0.5, 0.6) is 0 Å². The summed E-state index contributed by atoms with van der Waals surface area (Å²) in [4.78, 5) is 37.0. The molecule has 5 atom stereocenters. The van der Waals surface area contributed by atoms with Gasteiger partial charge in [-0.05, 0) is 18.2 Å². The third-order valence-electron chi connectivity index (χ3n) is 4.58. The first-order valence-corrected chi connectivity index (χ1v) is 9.01. The van der Waals surface area contributed by atoms with Crippen molar-refractivity contribution in [3.05, 3.63) is 48.2 Å². The van der Waals surface area contributed by atoms with Gasteiger partial charge in [-0.1, -0.05) is 18.2 Å². The summed E-state index contributed by atoms with van der Waals surface area (Å²) in [5.41, 5.74) is 0.446. The van der Waals surface area contributed by atoms with Crippen molar-refractivity contribution in [2.45, 2.75) is 30.7 Å². The van der Waals surface area contributed by atoms with Crippen molar-refractivity contribution in [3.8, 4) is 0 Å². The van der Waals surface area contributed by atoms with Gasteiger partial charge in [-0.25, -0.2) is 9.59 Å². The van der Waals surface area contributed by atoms with Gasteiger partial charge >= 0.3 is 12.1 Å². The largest absolute Gasteiger partial charge is 0.387 e. The normalized spacial score (nSPS) is 28.6. The molecule has 1 aromatic rings.